The molecule has 0 aromatic carbocycles. The molecule has 4 nitrogen and oxygen atoms in total. The summed E-state index contributed by atoms with van der Waals surface area (Å²) in [7, 11) is 0. The minimum absolute atomic E-state index is 0.130. The van der Waals surface area contributed by atoms with E-state index in [1.807, 2.05) is 6.92 Å². The number of nitrogen functional groups attached to an aromatic ring is 1. The van der Waals surface area contributed by atoms with E-state index in [1.165, 1.54) is 0 Å². The van der Waals surface area contributed by atoms with Gasteiger partial charge in [0, 0.05) is 16.7 Å². The van der Waals surface area contributed by atoms with Gasteiger partial charge in [0.25, 0.3) is 5.91 Å². The number of rotatable bonds is 5. The van der Waals surface area contributed by atoms with Crippen LogP contribution in [0.2, 0.25) is 0 Å². The summed E-state index contributed by atoms with van der Waals surface area (Å²) in [4.78, 5) is 16.1. The lowest BCUT2D eigenvalue weighted by Crippen LogP contribution is -2.38. The van der Waals surface area contributed by atoms with Crippen LogP contribution in [-0.4, -0.2) is 16.9 Å². The maximum Gasteiger partial charge on any atom is 0.255 e. The van der Waals surface area contributed by atoms with Gasteiger partial charge in [0.15, 0.2) is 0 Å². The number of amides is 1. The van der Waals surface area contributed by atoms with Gasteiger partial charge in [0.05, 0.1) is 5.56 Å². The van der Waals surface area contributed by atoms with E-state index in [2.05, 4.69) is 40.1 Å². The van der Waals surface area contributed by atoms with Crippen LogP contribution in [0.15, 0.2) is 16.7 Å². The van der Waals surface area contributed by atoms with Crippen LogP contribution >= 0.6 is 15.9 Å². The van der Waals surface area contributed by atoms with Crippen LogP contribution in [0.3, 0.4) is 0 Å². The predicted octanol–water partition coefficient (Wildman–Crippen LogP) is 2.98. The van der Waals surface area contributed by atoms with Gasteiger partial charge in [-0.15, -0.1) is 0 Å². The summed E-state index contributed by atoms with van der Waals surface area (Å²) >= 11 is 3.29. The van der Waals surface area contributed by atoms with E-state index in [1.54, 1.807) is 12.3 Å². The van der Waals surface area contributed by atoms with Crippen molar-refractivity contribution in [1.82, 2.24) is 10.3 Å². The summed E-state index contributed by atoms with van der Waals surface area (Å²) < 4.78 is 0.747. The zero-order chi connectivity index (χ0) is 13.7. The molecule has 0 bridgehead atoms. The first-order valence-corrected chi connectivity index (χ1v) is 7.00. The molecule has 0 aliphatic carbocycles. The van der Waals surface area contributed by atoms with Gasteiger partial charge in [0.1, 0.15) is 5.82 Å². The summed E-state index contributed by atoms with van der Waals surface area (Å²) in [6.45, 7) is 6.29. The molecule has 1 amide bonds. The Bertz CT molecular complexity index is 419. The Kier molecular flexibility index (Phi) is 5.59. The van der Waals surface area contributed by atoms with Gasteiger partial charge in [-0.2, -0.15) is 0 Å². The average Bonchev–Trinajstić information content (AvgIpc) is 2.33. The molecule has 100 valence electrons. The van der Waals surface area contributed by atoms with E-state index in [0.29, 0.717) is 11.5 Å². The SMILES string of the molecule is CCC(CC)C(C)NC(=O)c1cc(Br)cnc1N. The molecular weight excluding hydrogens is 294 g/mol. The Labute approximate surface area is 116 Å². The maximum absolute atomic E-state index is 12.1. The maximum atomic E-state index is 12.1. The third-order valence-corrected chi connectivity index (χ3v) is 3.68. The number of pyridine rings is 1. The fourth-order valence-corrected chi connectivity index (χ4v) is 2.36. The number of anilines is 1. The molecule has 1 aromatic heterocycles. The fraction of sp³-hybridized carbons (Fsp3) is 0.538. The highest BCUT2D eigenvalue weighted by Gasteiger charge is 2.18. The normalized spacial score (nSPS) is 12.5. The molecule has 1 rings (SSSR count). The minimum Gasteiger partial charge on any atom is -0.383 e. The van der Waals surface area contributed by atoms with Crippen LogP contribution in [0.25, 0.3) is 0 Å². The molecular formula is C13H20BrN3O. The zero-order valence-corrected chi connectivity index (χ0v) is 12.6. The highest BCUT2D eigenvalue weighted by molar-refractivity contribution is 9.10. The summed E-state index contributed by atoms with van der Waals surface area (Å²) in [5.74, 6) is 0.573. The number of carbonyl (C=O) groups is 1. The van der Waals surface area contributed by atoms with Crippen LogP contribution in [0.4, 0.5) is 5.82 Å². The molecule has 5 heteroatoms. The summed E-state index contributed by atoms with van der Waals surface area (Å²) in [6, 6.07) is 1.82. The van der Waals surface area contributed by atoms with Crippen LogP contribution in [0.1, 0.15) is 44.0 Å². The molecule has 0 fully saturated rings. The van der Waals surface area contributed by atoms with E-state index in [9.17, 15) is 4.79 Å². The van der Waals surface area contributed by atoms with Gasteiger partial charge in [-0.25, -0.2) is 4.98 Å². The lowest BCUT2D eigenvalue weighted by molar-refractivity contribution is 0.0926. The van der Waals surface area contributed by atoms with Crippen LogP contribution in [-0.2, 0) is 0 Å². The summed E-state index contributed by atoms with van der Waals surface area (Å²) in [6.07, 6.45) is 3.67. The predicted molar refractivity (Wildman–Crippen MR) is 77.3 cm³/mol. The molecule has 18 heavy (non-hydrogen) atoms. The van der Waals surface area contributed by atoms with Gasteiger partial charge in [0.2, 0.25) is 0 Å². The van der Waals surface area contributed by atoms with E-state index >= 15 is 0 Å². The smallest absolute Gasteiger partial charge is 0.255 e. The van der Waals surface area contributed by atoms with Gasteiger partial charge in [-0.05, 0) is 34.8 Å². The van der Waals surface area contributed by atoms with Gasteiger partial charge in [-0.1, -0.05) is 26.7 Å². The largest absolute Gasteiger partial charge is 0.383 e. The van der Waals surface area contributed by atoms with Gasteiger partial charge in [-0.3, -0.25) is 4.79 Å². The van der Waals surface area contributed by atoms with E-state index < -0.39 is 0 Å². The third kappa shape index (κ3) is 3.70. The fourth-order valence-electron chi connectivity index (χ4n) is 2.03. The number of hydrogen-bond donors (Lipinski definition) is 2. The number of halogens is 1. The zero-order valence-electron chi connectivity index (χ0n) is 11.0. The first kappa shape index (κ1) is 15.0. The molecule has 0 aliphatic rings. The van der Waals surface area contributed by atoms with Crippen molar-refractivity contribution in [3.8, 4) is 0 Å². The first-order valence-electron chi connectivity index (χ1n) is 6.21. The molecule has 0 aliphatic heterocycles. The quantitative estimate of drug-likeness (QED) is 0.878. The molecule has 1 atom stereocenters. The van der Waals surface area contributed by atoms with Crippen molar-refractivity contribution in [3.63, 3.8) is 0 Å². The third-order valence-electron chi connectivity index (χ3n) is 3.24. The molecule has 0 saturated heterocycles. The van der Waals surface area contributed by atoms with Crippen molar-refractivity contribution in [2.24, 2.45) is 5.92 Å². The molecule has 0 radical (unpaired) electrons. The van der Waals surface area contributed by atoms with Crippen LogP contribution in [0.5, 0.6) is 0 Å². The topological polar surface area (TPSA) is 68.0 Å². The highest BCUT2D eigenvalue weighted by atomic mass is 79.9. The second kappa shape index (κ2) is 6.73. The van der Waals surface area contributed by atoms with Gasteiger partial charge < -0.3 is 11.1 Å². The number of carbonyl (C=O) groups excluding carboxylic acids is 1. The Morgan fingerprint density at radius 1 is 1.50 bits per heavy atom. The molecule has 1 unspecified atom stereocenters. The van der Waals surface area contributed by atoms with Crippen molar-refractivity contribution in [1.29, 1.82) is 0 Å². The monoisotopic (exact) mass is 313 g/mol. The van der Waals surface area contributed by atoms with E-state index in [0.717, 1.165) is 17.3 Å². The summed E-state index contributed by atoms with van der Waals surface area (Å²) in [5, 5.41) is 2.99. The Morgan fingerprint density at radius 2 is 2.11 bits per heavy atom. The molecule has 0 spiro atoms. The van der Waals surface area contributed by atoms with Crippen molar-refractivity contribution in [2.75, 3.05) is 5.73 Å². The first-order chi connectivity index (χ1) is 8.49. The standard InChI is InChI=1S/C13H20BrN3O/c1-4-9(5-2)8(3)17-13(18)11-6-10(14)7-16-12(11)15/h6-9H,4-5H2,1-3H3,(H2,15,16)(H,17,18). The molecule has 1 aromatic rings. The molecule has 3 N–H and O–H groups in total. The molecule has 0 saturated carbocycles. The second-order valence-electron chi connectivity index (χ2n) is 4.43. The summed E-state index contributed by atoms with van der Waals surface area (Å²) in [5.41, 5.74) is 6.13. The van der Waals surface area contributed by atoms with Gasteiger partial charge >= 0.3 is 0 Å². The van der Waals surface area contributed by atoms with Crippen molar-refractivity contribution >= 4 is 27.7 Å². The number of aromatic nitrogens is 1. The second-order valence-corrected chi connectivity index (χ2v) is 5.34. The Balaban J connectivity index is 2.79. The number of nitrogens with zero attached hydrogens (tertiary/aromatic N) is 1. The minimum atomic E-state index is -0.166. The lowest BCUT2D eigenvalue weighted by Gasteiger charge is -2.22. The average molecular weight is 314 g/mol. The Hall–Kier alpha value is -1.10. The van der Waals surface area contributed by atoms with Crippen LogP contribution in [0, 0.1) is 5.92 Å². The number of hydrogen-bond acceptors (Lipinski definition) is 3. The lowest BCUT2D eigenvalue weighted by atomic mass is 9.95. The van der Waals surface area contributed by atoms with Crippen molar-refractivity contribution in [2.45, 2.75) is 39.7 Å². The van der Waals surface area contributed by atoms with Crippen LogP contribution < -0.4 is 11.1 Å². The van der Waals surface area contributed by atoms with Crippen molar-refractivity contribution < 1.29 is 4.79 Å². The van der Waals surface area contributed by atoms with Crippen molar-refractivity contribution in [3.05, 3.63) is 22.3 Å². The Morgan fingerprint density at radius 3 is 2.67 bits per heavy atom. The number of nitrogens with one attached hydrogen (secondary N) is 1. The highest BCUT2D eigenvalue weighted by Crippen LogP contribution is 2.17. The van der Waals surface area contributed by atoms with E-state index in [4.69, 9.17) is 5.73 Å². The van der Waals surface area contributed by atoms with E-state index in [-0.39, 0.29) is 17.8 Å². The molecule has 1 heterocycles. The number of nitrogens with two attached hydrogens (primary N) is 1.